The number of likely N-dealkylation sites (N-methyl/N-ethyl adjacent to an activating group) is 1. The van der Waals surface area contributed by atoms with Crippen LogP contribution in [-0.4, -0.2) is 45.6 Å². The molecule has 0 spiro atoms. The Morgan fingerprint density at radius 2 is 1.80 bits per heavy atom. The SMILES string of the molecule is COc1ccc(OC)c(C2=NS(=O)(=O)N(C)C(C(=O)NC(C)c3ccccc3)=C2)c1. The highest BCUT2D eigenvalue weighted by atomic mass is 32.2. The molecule has 2 aromatic carbocycles. The van der Waals surface area contributed by atoms with Gasteiger partial charge in [0.25, 0.3) is 5.91 Å². The lowest BCUT2D eigenvalue weighted by atomic mass is 10.1. The van der Waals surface area contributed by atoms with E-state index >= 15 is 0 Å². The number of carbonyl (C=O) groups excluding carboxylic acids is 1. The zero-order valence-corrected chi connectivity index (χ0v) is 17.9. The Hall–Kier alpha value is -3.33. The average molecular weight is 429 g/mol. The summed E-state index contributed by atoms with van der Waals surface area (Å²) in [6, 6.07) is 14.0. The van der Waals surface area contributed by atoms with Crippen LogP contribution in [0.5, 0.6) is 11.5 Å². The maximum absolute atomic E-state index is 12.9. The second-order valence-corrected chi connectivity index (χ2v) is 8.25. The van der Waals surface area contributed by atoms with Crippen molar-refractivity contribution >= 4 is 21.8 Å². The summed E-state index contributed by atoms with van der Waals surface area (Å²) in [5.41, 5.74) is 1.33. The van der Waals surface area contributed by atoms with Crippen LogP contribution in [-0.2, 0) is 15.0 Å². The maximum atomic E-state index is 12.9. The van der Waals surface area contributed by atoms with Crippen molar-refractivity contribution in [2.75, 3.05) is 21.3 Å². The summed E-state index contributed by atoms with van der Waals surface area (Å²) >= 11 is 0. The Labute approximate surface area is 176 Å². The number of ether oxygens (including phenoxy) is 2. The molecule has 1 N–H and O–H groups in total. The van der Waals surface area contributed by atoms with Gasteiger partial charge in [0, 0.05) is 12.6 Å². The molecule has 3 rings (SSSR count). The summed E-state index contributed by atoms with van der Waals surface area (Å²) in [4.78, 5) is 12.9. The first kappa shape index (κ1) is 21.4. The average Bonchev–Trinajstić information content (AvgIpc) is 2.75. The highest BCUT2D eigenvalue weighted by Gasteiger charge is 2.31. The predicted octanol–water partition coefficient (Wildman–Crippen LogP) is 2.44. The molecule has 0 saturated heterocycles. The fourth-order valence-electron chi connectivity index (χ4n) is 3.00. The minimum absolute atomic E-state index is 0.0485. The lowest BCUT2D eigenvalue weighted by molar-refractivity contribution is -0.119. The van der Waals surface area contributed by atoms with E-state index in [9.17, 15) is 13.2 Å². The number of allylic oxidation sites excluding steroid dienone is 1. The molecule has 8 nitrogen and oxygen atoms in total. The van der Waals surface area contributed by atoms with Crippen molar-refractivity contribution < 1.29 is 22.7 Å². The van der Waals surface area contributed by atoms with Gasteiger partial charge < -0.3 is 14.8 Å². The number of nitrogens with one attached hydrogen (secondary N) is 1. The van der Waals surface area contributed by atoms with Gasteiger partial charge in [-0.2, -0.15) is 8.42 Å². The van der Waals surface area contributed by atoms with Gasteiger partial charge in [0.2, 0.25) is 0 Å². The molecule has 1 unspecified atom stereocenters. The zero-order chi connectivity index (χ0) is 21.9. The molecule has 1 heterocycles. The molecule has 158 valence electrons. The topological polar surface area (TPSA) is 97.3 Å². The van der Waals surface area contributed by atoms with Crippen LogP contribution in [0.2, 0.25) is 0 Å². The molecule has 0 aliphatic carbocycles. The number of hydrogen-bond acceptors (Lipinski definition) is 5. The fourth-order valence-corrected chi connectivity index (χ4v) is 3.91. The van der Waals surface area contributed by atoms with Crippen molar-refractivity contribution in [1.29, 1.82) is 0 Å². The third-order valence-corrected chi connectivity index (χ3v) is 6.05. The van der Waals surface area contributed by atoms with Gasteiger partial charge in [-0.25, -0.2) is 4.31 Å². The summed E-state index contributed by atoms with van der Waals surface area (Å²) in [5.74, 6) is 0.372. The van der Waals surface area contributed by atoms with Crippen LogP contribution < -0.4 is 14.8 Å². The van der Waals surface area contributed by atoms with Gasteiger partial charge in [0.05, 0.1) is 26.0 Å². The van der Waals surface area contributed by atoms with E-state index in [2.05, 4.69) is 9.71 Å². The Balaban J connectivity index is 2.00. The summed E-state index contributed by atoms with van der Waals surface area (Å²) < 4.78 is 40.5. The standard InChI is InChI=1S/C21H23N3O5S/c1-14(15-8-6-5-7-9-15)22-21(25)19-13-18(23-30(26,27)24(19)2)17-12-16(28-3)10-11-20(17)29-4/h5-14H,1-4H3,(H,22,25). The third-order valence-electron chi connectivity index (χ3n) is 4.73. The van der Waals surface area contributed by atoms with E-state index in [1.807, 2.05) is 37.3 Å². The molecule has 1 aliphatic rings. The van der Waals surface area contributed by atoms with Gasteiger partial charge in [0.1, 0.15) is 17.2 Å². The molecule has 9 heteroatoms. The van der Waals surface area contributed by atoms with E-state index in [1.165, 1.54) is 27.3 Å². The van der Waals surface area contributed by atoms with Crippen molar-refractivity contribution in [2.45, 2.75) is 13.0 Å². The van der Waals surface area contributed by atoms with Crippen molar-refractivity contribution in [1.82, 2.24) is 9.62 Å². The molecule has 1 atom stereocenters. The number of amides is 1. The number of carbonyl (C=O) groups is 1. The summed E-state index contributed by atoms with van der Waals surface area (Å²) in [7, 11) is 0.152. The monoisotopic (exact) mass is 429 g/mol. The summed E-state index contributed by atoms with van der Waals surface area (Å²) in [6.07, 6.45) is 1.42. The smallest absolute Gasteiger partial charge is 0.345 e. The summed E-state index contributed by atoms with van der Waals surface area (Å²) in [5, 5.41) is 2.83. The number of nitrogens with zero attached hydrogens (tertiary/aromatic N) is 2. The largest absolute Gasteiger partial charge is 0.497 e. The quantitative estimate of drug-likeness (QED) is 0.761. The second-order valence-electron chi connectivity index (χ2n) is 6.62. The highest BCUT2D eigenvalue weighted by molar-refractivity contribution is 7.88. The third kappa shape index (κ3) is 4.30. The van der Waals surface area contributed by atoms with Crippen molar-refractivity contribution in [3.05, 3.63) is 71.4 Å². The zero-order valence-electron chi connectivity index (χ0n) is 17.1. The Bertz CT molecular complexity index is 1110. The first-order valence-electron chi connectivity index (χ1n) is 9.15. The molecule has 30 heavy (non-hydrogen) atoms. The molecule has 0 radical (unpaired) electrons. The minimum Gasteiger partial charge on any atom is -0.497 e. The predicted molar refractivity (Wildman–Crippen MR) is 114 cm³/mol. The lowest BCUT2D eigenvalue weighted by Gasteiger charge is -2.25. The van der Waals surface area contributed by atoms with Gasteiger partial charge >= 0.3 is 10.2 Å². The molecule has 1 amide bonds. The lowest BCUT2D eigenvalue weighted by Crippen LogP contribution is -2.39. The Kier molecular flexibility index (Phi) is 6.12. The minimum atomic E-state index is -4.10. The van der Waals surface area contributed by atoms with Crippen LogP contribution in [0.15, 0.2) is 64.7 Å². The molecule has 0 saturated carbocycles. The Morgan fingerprint density at radius 3 is 2.43 bits per heavy atom. The van der Waals surface area contributed by atoms with E-state index in [0.29, 0.717) is 17.1 Å². The van der Waals surface area contributed by atoms with E-state index in [-0.39, 0.29) is 17.5 Å². The van der Waals surface area contributed by atoms with Crippen LogP contribution in [0.25, 0.3) is 0 Å². The molecule has 0 bridgehead atoms. The molecule has 1 aliphatic heterocycles. The Morgan fingerprint density at radius 1 is 1.10 bits per heavy atom. The van der Waals surface area contributed by atoms with Crippen LogP contribution in [0.3, 0.4) is 0 Å². The van der Waals surface area contributed by atoms with Gasteiger partial charge in [-0.1, -0.05) is 30.3 Å². The highest BCUT2D eigenvalue weighted by Crippen LogP contribution is 2.29. The molecule has 0 aromatic heterocycles. The van der Waals surface area contributed by atoms with Gasteiger partial charge in [-0.15, -0.1) is 4.40 Å². The van der Waals surface area contributed by atoms with E-state index in [0.717, 1.165) is 9.87 Å². The second kappa shape index (κ2) is 8.58. The first-order valence-corrected chi connectivity index (χ1v) is 10.5. The number of benzene rings is 2. The summed E-state index contributed by atoms with van der Waals surface area (Å²) in [6.45, 7) is 1.82. The molecular formula is C21H23N3O5S. The normalized spacial score (nSPS) is 16.2. The number of methoxy groups -OCH3 is 2. The molecular weight excluding hydrogens is 406 g/mol. The van der Waals surface area contributed by atoms with Crippen LogP contribution in [0.4, 0.5) is 0 Å². The number of hydrogen-bond donors (Lipinski definition) is 1. The first-order chi connectivity index (χ1) is 14.3. The maximum Gasteiger partial charge on any atom is 0.345 e. The van der Waals surface area contributed by atoms with E-state index in [1.54, 1.807) is 18.2 Å². The van der Waals surface area contributed by atoms with Gasteiger partial charge in [-0.05, 0) is 36.8 Å². The van der Waals surface area contributed by atoms with Crippen LogP contribution >= 0.6 is 0 Å². The fraction of sp³-hybridized carbons (Fsp3) is 0.238. The molecule has 2 aromatic rings. The van der Waals surface area contributed by atoms with Gasteiger partial charge in [-0.3, -0.25) is 4.79 Å². The van der Waals surface area contributed by atoms with Crippen LogP contribution in [0.1, 0.15) is 24.1 Å². The van der Waals surface area contributed by atoms with Crippen LogP contribution in [0, 0.1) is 0 Å². The van der Waals surface area contributed by atoms with Crippen molar-refractivity contribution in [3.8, 4) is 11.5 Å². The van der Waals surface area contributed by atoms with E-state index < -0.39 is 16.1 Å². The van der Waals surface area contributed by atoms with E-state index in [4.69, 9.17) is 9.47 Å². The van der Waals surface area contributed by atoms with Gasteiger partial charge in [0.15, 0.2) is 0 Å². The van der Waals surface area contributed by atoms with Crippen molar-refractivity contribution in [3.63, 3.8) is 0 Å². The van der Waals surface area contributed by atoms with Crippen molar-refractivity contribution in [2.24, 2.45) is 4.40 Å². The molecule has 0 fully saturated rings. The number of rotatable bonds is 6.